The van der Waals surface area contributed by atoms with Crippen LogP contribution in [0.25, 0.3) is 0 Å². The maximum Gasteiger partial charge on any atom is 0.319 e. The monoisotopic (exact) mass is 300 g/mol. The van der Waals surface area contributed by atoms with Crippen LogP contribution in [-0.4, -0.2) is 23.8 Å². The van der Waals surface area contributed by atoms with Crippen LogP contribution in [0.3, 0.4) is 0 Å². The second-order valence-electron chi connectivity index (χ2n) is 3.98. The lowest BCUT2D eigenvalue weighted by Gasteiger charge is -2.13. The molecule has 0 aromatic heterocycles. The summed E-state index contributed by atoms with van der Waals surface area (Å²) in [6, 6.07) is 5.31. The lowest BCUT2D eigenvalue weighted by Crippen LogP contribution is -2.36. The van der Waals surface area contributed by atoms with Gasteiger partial charge in [0, 0.05) is 22.8 Å². The van der Waals surface area contributed by atoms with Crippen LogP contribution in [0.4, 0.5) is 10.5 Å². The number of hydrogen-bond donors (Lipinski definition) is 3. The summed E-state index contributed by atoms with van der Waals surface area (Å²) in [5.74, 6) is 0. The Labute approximate surface area is 110 Å². The maximum absolute atomic E-state index is 11.6. The van der Waals surface area contributed by atoms with Gasteiger partial charge in [-0.25, -0.2) is 4.79 Å². The summed E-state index contributed by atoms with van der Waals surface area (Å²) in [7, 11) is 0. The number of halogens is 1. The minimum atomic E-state index is -0.262. The molecule has 1 aromatic rings. The molecule has 0 bridgehead atoms. The van der Waals surface area contributed by atoms with Gasteiger partial charge in [0.15, 0.2) is 0 Å². The van der Waals surface area contributed by atoms with E-state index in [4.69, 9.17) is 5.11 Å². The van der Waals surface area contributed by atoms with Crippen LogP contribution < -0.4 is 10.6 Å². The summed E-state index contributed by atoms with van der Waals surface area (Å²) in [4.78, 5) is 11.6. The molecule has 1 rings (SSSR count). The summed E-state index contributed by atoms with van der Waals surface area (Å²) < 4.78 is 0.957. The van der Waals surface area contributed by atoms with E-state index in [9.17, 15) is 4.79 Å². The Kier molecular flexibility index (Phi) is 5.44. The highest BCUT2D eigenvalue weighted by Crippen LogP contribution is 2.20. The number of aliphatic hydroxyl groups excluding tert-OH is 1. The third kappa shape index (κ3) is 4.75. The van der Waals surface area contributed by atoms with Crippen molar-refractivity contribution in [2.45, 2.75) is 26.3 Å². The number of carbonyl (C=O) groups is 1. The van der Waals surface area contributed by atoms with Crippen LogP contribution in [0.2, 0.25) is 0 Å². The third-order valence-electron chi connectivity index (χ3n) is 2.37. The van der Waals surface area contributed by atoms with Crippen LogP contribution in [0.15, 0.2) is 22.7 Å². The van der Waals surface area contributed by atoms with Crippen molar-refractivity contribution >= 4 is 27.6 Å². The molecule has 0 fully saturated rings. The molecule has 2 amide bonds. The van der Waals surface area contributed by atoms with Gasteiger partial charge in [0.25, 0.3) is 0 Å². The second kappa shape index (κ2) is 6.61. The Balaban J connectivity index is 2.53. The van der Waals surface area contributed by atoms with E-state index in [0.717, 1.165) is 15.7 Å². The molecule has 0 aliphatic carbocycles. The average molecular weight is 301 g/mol. The van der Waals surface area contributed by atoms with Gasteiger partial charge in [0.05, 0.1) is 0 Å². The first-order chi connectivity index (χ1) is 8.02. The van der Waals surface area contributed by atoms with Gasteiger partial charge in [-0.2, -0.15) is 0 Å². The molecule has 5 heteroatoms. The SMILES string of the molecule is Cc1ccc(NC(=O)N[C@H](C)CCO)cc1Br. The molecule has 4 nitrogen and oxygen atoms in total. The number of amides is 2. The molecule has 0 saturated heterocycles. The Bertz CT molecular complexity index is 396. The second-order valence-corrected chi connectivity index (χ2v) is 4.83. The number of carbonyl (C=O) groups excluding carboxylic acids is 1. The van der Waals surface area contributed by atoms with E-state index in [1.807, 2.05) is 32.0 Å². The van der Waals surface area contributed by atoms with Crippen LogP contribution in [0, 0.1) is 6.92 Å². The fraction of sp³-hybridized carbons (Fsp3) is 0.417. The van der Waals surface area contributed by atoms with Crippen molar-refractivity contribution in [1.82, 2.24) is 5.32 Å². The fourth-order valence-corrected chi connectivity index (χ4v) is 1.71. The molecule has 0 heterocycles. The molecule has 3 N–H and O–H groups in total. The zero-order valence-electron chi connectivity index (χ0n) is 9.96. The Morgan fingerprint density at radius 1 is 1.53 bits per heavy atom. The topological polar surface area (TPSA) is 61.4 Å². The first kappa shape index (κ1) is 14.0. The Hall–Kier alpha value is -1.07. The summed E-state index contributed by atoms with van der Waals surface area (Å²) >= 11 is 3.41. The number of urea groups is 1. The number of aliphatic hydroxyl groups is 1. The quantitative estimate of drug-likeness (QED) is 0.800. The van der Waals surface area contributed by atoms with Crippen LogP contribution in [0.1, 0.15) is 18.9 Å². The van der Waals surface area contributed by atoms with Gasteiger partial charge in [-0.1, -0.05) is 22.0 Å². The van der Waals surface area contributed by atoms with E-state index in [-0.39, 0.29) is 18.7 Å². The average Bonchev–Trinajstić information content (AvgIpc) is 2.23. The van der Waals surface area contributed by atoms with E-state index in [0.29, 0.717) is 6.42 Å². The van der Waals surface area contributed by atoms with Crippen molar-refractivity contribution in [3.8, 4) is 0 Å². The summed E-state index contributed by atoms with van der Waals surface area (Å²) in [5.41, 5.74) is 1.85. The zero-order valence-corrected chi connectivity index (χ0v) is 11.5. The molecular weight excluding hydrogens is 284 g/mol. The number of hydrogen-bond acceptors (Lipinski definition) is 2. The summed E-state index contributed by atoms with van der Waals surface area (Å²) in [6.07, 6.45) is 0.547. The van der Waals surface area contributed by atoms with Gasteiger partial charge in [-0.3, -0.25) is 0 Å². The van der Waals surface area contributed by atoms with Gasteiger partial charge in [0.2, 0.25) is 0 Å². The number of aryl methyl sites for hydroxylation is 1. The minimum absolute atomic E-state index is 0.0473. The largest absolute Gasteiger partial charge is 0.396 e. The van der Waals surface area contributed by atoms with Crippen molar-refractivity contribution in [2.75, 3.05) is 11.9 Å². The van der Waals surface area contributed by atoms with E-state index in [1.54, 1.807) is 0 Å². The molecule has 1 aromatic carbocycles. The Morgan fingerprint density at radius 3 is 2.82 bits per heavy atom. The number of rotatable bonds is 4. The Morgan fingerprint density at radius 2 is 2.24 bits per heavy atom. The van der Waals surface area contributed by atoms with Crippen LogP contribution >= 0.6 is 15.9 Å². The summed E-state index contributed by atoms with van der Waals surface area (Å²) in [5, 5.41) is 14.2. The minimum Gasteiger partial charge on any atom is -0.396 e. The fourth-order valence-electron chi connectivity index (χ4n) is 1.33. The molecular formula is C12H17BrN2O2. The van der Waals surface area contributed by atoms with Crippen molar-refractivity contribution in [3.05, 3.63) is 28.2 Å². The van der Waals surface area contributed by atoms with Gasteiger partial charge >= 0.3 is 6.03 Å². The molecule has 0 spiro atoms. The van der Waals surface area contributed by atoms with Crippen molar-refractivity contribution in [1.29, 1.82) is 0 Å². The molecule has 94 valence electrons. The highest BCUT2D eigenvalue weighted by atomic mass is 79.9. The highest BCUT2D eigenvalue weighted by Gasteiger charge is 2.07. The molecule has 0 aliphatic rings. The molecule has 0 unspecified atom stereocenters. The van der Waals surface area contributed by atoms with E-state index in [2.05, 4.69) is 26.6 Å². The summed E-state index contributed by atoms with van der Waals surface area (Å²) in [6.45, 7) is 3.90. The molecule has 17 heavy (non-hydrogen) atoms. The lowest BCUT2D eigenvalue weighted by molar-refractivity contribution is 0.241. The van der Waals surface area contributed by atoms with Crippen molar-refractivity contribution in [2.24, 2.45) is 0 Å². The van der Waals surface area contributed by atoms with Gasteiger partial charge in [0.1, 0.15) is 0 Å². The number of anilines is 1. The lowest BCUT2D eigenvalue weighted by atomic mass is 10.2. The van der Waals surface area contributed by atoms with Gasteiger partial charge < -0.3 is 15.7 Å². The normalized spacial score (nSPS) is 12.0. The molecule has 1 atom stereocenters. The van der Waals surface area contributed by atoms with E-state index >= 15 is 0 Å². The first-order valence-corrected chi connectivity index (χ1v) is 6.26. The van der Waals surface area contributed by atoms with E-state index < -0.39 is 0 Å². The van der Waals surface area contributed by atoms with Gasteiger partial charge in [-0.05, 0) is 38.0 Å². The van der Waals surface area contributed by atoms with Crippen LogP contribution in [-0.2, 0) is 0 Å². The predicted molar refractivity (Wildman–Crippen MR) is 72.2 cm³/mol. The number of benzene rings is 1. The molecule has 0 saturated carbocycles. The van der Waals surface area contributed by atoms with Gasteiger partial charge in [-0.15, -0.1) is 0 Å². The molecule has 0 radical (unpaired) electrons. The standard InChI is InChI=1S/C12H17BrN2O2/c1-8-3-4-10(7-11(8)13)15-12(17)14-9(2)5-6-16/h3-4,7,9,16H,5-6H2,1-2H3,(H2,14,15,17)/t9-/m1/s1. The van der Waals surface area contributed by atoms with E-state index in [1.165, 1.54) is 0 Å². The van der Waals surface area contributed by atoms with Crippen molar-refractivity contribution in [3.63, 3.8) is 0 Å². The van der Waals surface area contributed by atoms with Crippen molar-refractivity contribution < 1.29 is 9.90 Å². The number of nitrogens with one attached hydrogen (secondary N) is 2. The first-order valence-electron chi connectivity index (χ1n) is 5.47. The molecule has 0 aliphatic heterocycles. The third-order valence-corrected chi connectivity index (χ3v) is 3.22. The predicted octanol–water partition coefficient (Wildman–Crippen LogP) is 2.65. The smallest absolute Gasteiger partial charge is 0.319 e. The maximum atomic E-state index is 11.6. The zero-order chi connectivity index (χ0) is 12.8. The highest BCUT2D eigenvalue weighted by molar-refractivity contribution is 9.10. The van der Waals surface area contributed by atoms with Crippen LogP contribution in [0.5, 0.6) is 0 Å².